The minimum absolute atomic E-state index is 0.0244. The van der Waals surface area contributed by atoms with Crippen molar-refractivity contribution < 1.29 is 12.8 Å². The SMILES string of the molecule is CNS(=O)(=O)CCNc1nc(N)ncc1F. The van der Waals surface area contributed by atoms with Crippen molar-refractivity contribution in [2.45, 2.75) is 0 Å². The number of halogens is 1. The second kappa shape index (κ2) is 5.03. The normalized spacial score (nSPS) is 11.4. The lowest BCUT2D eigenvalue weighted by molar-refractivity contribution is 0.588. The number of rotatable bonds is 5. The van der Waals surface area contributed by atoms with Gasteiger partial charge in [0.25, 0.3) is 0 Å². The number of nitrogens with zero attached hydrogens (tertiary/aromatic N) is 2. The van der Waals surface area contributed by atoms with Gasteiger partial charge in [-0.3, -0.25) is 0 Å². The molecule has 0 unspecified atom stereocenters. The molecule has 0 radical (unpaired) electrons. The van der Waals surface area contributed by atoms with Crippen molar-refractivity contribution in [1.29, 1.82) is 0 Å². The highest BCUT2D eigenvalue weighted by atomic mass is 32.2. The average molecular weight is 249 g/mol. The predicted octanol–water partition coefficient (Wildman–Crippen LogP) is -0.841. The van der Waals surface area contributed by atoms with Crippen LogP contribution in [0.3, 0.4) is 0 Å². The van der Waals surface area contributed by atoms with Gasteiger partial charge in [-0.2, -0.15) is 4.98 Å². The third kappa shape index (κ3) is 3.59. The summed E-state index contributed by atoms with van der Waals surface area (Å²) in [5, 5.41) is 2.52. The third-order valence-corrected chi connectivity index (χ3v) is 3.10. The van der Waals surface area contributed by atoms with E-state index in [4.69, 9.17) is 5.73 Å². The maximum Gasteiger partial charge on any atom is 0.222 e. The van der Waals surface area contributed by atoms with Gasteiger partial charge in [-0.05, 0) is 7.05 Å². The largest absolute Gasteiger partial charge is 0.368 e. The maximum atomic E-state index is 13.1. The minimum atomic E-state index is -3.32. The van der Waals surface area contributed by atoms with E-state index in [2.05, 4.69) is 20.0 Å². The van der Waals surface area contributed by atoms with Crippen molar-refractivity contribution in [2.75, 3.05) is 30.4 Å². The fraction of sp³-hybridized carbons (Fsp3) is 0.429. The Labute approximate surface area is 92.3 Å². The highest BCUT2D eigenvalue weighted by molar-refractivity contribution is 7.89. The molecule has 0 amide bonds. The molecule has 0 bridgehead atoms. The van der Waals surface area contributed by atoms with Gasteiger partial charge in [0.15, 0.2) is 11.6 Å². The Morgan fingerprint density at radius 2 is 2.25 bits per heavy atom. The lowest BCUT2D eigenvalue weighted by atomic mass is 10.5. The van der Waals surface area contributed by atoms with Gasteiger partial charge in [0.2, 0.25) is 16.0 Å². The minimum Gasteiger partial charge on any atom is -0.368 e. The Kier molecular flexibility index (Phi) is 3.96. The number of sulfonamides is 1. The highest BCUT2D eigenvalue weighted by Gasteiger charge is 2.08. The first-order valence-corrected chi connectivity index (χ1v) is 6.03. The fourth-order valence-electron chi connectivity index (χ4n) is 0.911. The number of nitrogens with one attached hydrogen (secondary N) is 2. The molecule has 1 heterocycles. The van der Waals surface area contributed by atoms with Crippen LogP contribution in [0.25, 0.3) is 0 Å². The first-order chi connectivity index (χ1) is 7.44. The second-order valence-corrected chi connectivity index (χ2v) is 4.92. The van der Waals surface area contributed by atoms with E-state index < -0.39 is 15.8 Å². The Hall–Kier alpha value is -1.48. The van der Waals surface area contributed by atoms with Crippen LogP contribution >= 0.6 is 0 Å². The van der Waals surface area contributed by atoms with Crippen molar-refractivity contribution in [2.24, 2.45) is 0 Å². The van der Waals surface area contributed by atoms with Crippen molar-refractivity contribution in [1.82, 2.24) is 14.7 Å². The molecule has 1 rings (SSSR count). The summed E-state index contributed by atoms with van der Waals surface area (Å²) >= 11 is 0. The zero-order chi connectivity index (χ0) is 12.2. The lowest BCUT2D eigenvalue weighted by Crippen LogP contribution is -2.26. The summed E-state index contributed by atoms with van der Waals surface area (Å²) in [5.41, 5.74) is 5.25. The van der Waals surface area contributed by atoms with Crippen molar-refractivity contribution in [3.8, 4) is 0 Å². The van der Waals surface area contributed by atoms with Crippen molar-refractivity contribution in [3.05, 3.63) is 12.0 Å². The molecule has 16 heavy (non-hydrogen) atoms. The summed E-state index contributed by atoms with van der Waals surface area (Å²) < 4.78 is 37.3. The van der Waals surface area contributed by atoms with Gasteiger partial charge >= 0.3 is 0 Å². The summed E-state index contributed by atoms with van der Waals surface area (Å²) in [5.74, 6) is -1.07. The fourth-order valence-corrected chi connectivity index (χ4v) is 1.49. The number of aromatic nitrogens is 2. The van der Waals surface area contributed by atoms with Gasteiger partial charge in [0.1, 0.15) is 0 Å². The topological polar surface area (TPSA) is 110 Å². The molecule has 0 atom stereocenters. The molecule has 0 aliphatic carbocycles. The van der Waals surface area contributed by atoms with E-state index in [1.807, 2.05) is 0 Å². The molecule has 0 aliphatic rings. The van der Waals surface area contributed by atoms with Gasteiger partial charge in [0, 0.05) is 6.54 Å². The summed E-state index contributed by atoms with van der Waals surface area (Å²) in [4.78, 5) is 7.02. The molecule has 0 saturated heterocycles. The lowest BCUT2D eigenvalue weighted by Gasteiger charge is -2.06. The molecule has 1 aromatic heterocycles. The van der Waals surface area contributed by atoms with Crippen LogP contribution in [-0.2, 0) is 10.0 Å². The monoisotopic (exact) mass is 249 g/mol. The number of hydrogen-bond donors (Lipinski definition) is 3. The molecule has 0 fully saturated rings. The summed E-state index contributed by atoms with van der Waals surface area (Å²) in [6, 6.07) is 0. The Bertz CT molecular complexity index is 464. The van der Waals surface area contributed by atoms with Crippen LogP contribution in [0.1, 0.15) is 0 Å². The molecule has 7 nitrogen and oxygen atoms in total. The first-order valence-electron chi connectivity index (χ1n) is 4.38. The summed E-state index contributed by atoms with van der Waals surface area (Å²) in [7, 11) is -2.02. The van der Waals surface area contributed by atoms with Crippen molar-refractivity contribution in [3.63, 3.8) is 0 Å². The predicted molar refractivity (Wildman–Crippen MR) is 57.7 cm³/mol. The molecule has 1 aromatic rings. The number of anilines is 2. The van der Waals surface area contributed by atoms with Crippen LogP contribution in [0.5, 0.6) is 0 Å². The Morgan fingerprint density at radius 1 is 1.56 bits per heavy atom. The van der Waals surface area contributed by atoms with E-state index in [9.17, 15) is 12.8 Å². The Morgan fingerprint density at radius 3 is 2.88 bits per heavy atom. The molecule has 0 saturated carbocycles. The van der Waals surface area contributed by atoms with E-state index in [0.29, 0.717) is 0 Å². The van der Waals surface area contributed by atoms with Crippen LogP contribution in [-0.4, -0.2) is 37.7 Å². The number of nitrogen functional groups attached to an aromatic ring is 1. The Balaban J connectivity index is 2.59. The summed E-state index contributed by atoms with van der Waals surface area (Å²) in [6.07, 6.45) is 0.914. The molecule has 9 heteroatoms. The van der Waals surface area contributed by atoms with Crippen LogP contribution < -0.4 is 15.8 Å². The van der Waals surface area contributed by atoms with E-state index in [-0.39, 0.29) is 24.1 Å². The zero-order valence-electron chi connectivity index (χ0n) is 8.57. The average Bonchev–Trinajstić information content (AvgIpc) is 2.23. The first kappa shape index (κ1) is 12.6. The molecule has 4 N–H and O–H groups in total. The number of hydrogen-bond acceptors (Lipinski definition) is 6. The van der Waals surface area contributed by atoms with Crippen LogP contribution in [0.4, 0.5) is 16.2 Å². The van der Waals surface area contributed by atoms with Gasteiger partial charge in [-0.25, -0.2) is 22.5 Å². The summed E-state index contributed by atoms with van der Waals surface area (Å²) in [6.45, 7) is 0.0244. The van der Waals surface area contributed by atoms with E-state index >= 15 is 0 Å². The molecule has 0 aromatic carbocycles. The molecule has 0 aliphatic heterocycles. The van der Waals surface area contributed by atoms with Gasteiger partial charge in [-0.1, -0.05) is 0 Å². The van der Waals surface area contributed by atoms with Gasteiger partial charge in [0.05, 0.1) is 11.9 Å². The van der Waals surface area contributed by atoms with Crippen molar-refractivity contribution >= 4 is 21.8 Å². The number of nitrogens with two attached hydrogens (primary N) is 1. The molecule has 90 valence electrons. The smallest absolute Gasteiger partial charge is 0.222 e. The molecular formula is C7H12FN5O2S. The van der Waals surface area contributed by atoms with E-state index in [1.165, 1.54) is 7.05 Å². The van der Waals surface area contributed by atoms with Crippen LogP contribution in [0, 0.1) is 5.82 Å². The van der Waals surface area contributed by atoms with Gasteiger partial charge < -0.3 is 11.1 Å². The zero-order valence-corrected chi connectivity index (χ0v) is 9.38. The second-order valence-electron chi connectivity index (χ2n) is 2.87. The molecular weight excluding hydrogens is 237 g/mol. The van der Waals surface area contributed by atoms with Gasteiger partial charge in [-0.15, -0.1) is 0 Å². The molecule has 0 spiro atoms. The highest BCUT2D eigenvalue weighted by Crippen LogP contribution is 2.09. The third-order valence-electron chi connectivity index (χ3n) is 1.74. The van der Waals surface area contributed by atoms with Crippen LogP contribution in [0.15, 0.2) is 6.20 Å². The quantitative estimate of drug-likeness (QED) is 0.627. The standard InChI is InChI=1S/C7H12FN5O2S/c1-10-16(14,15)3-2-11-6-5(8)4-12-7(9)13-6/h4,10H,2-3H2,1H3,(H3,9,11,12,13). The van der Waals surface area contributed by atoms with E-state index in [0.717, 1.165) is 6.20 Å². The van der Waals surface area contributed by atoms with Crippen LogP contribution in [0.2, 0.25) is 0 Å². The van der Waals surface area contributed by atoms with E-state index in [1.54, 1.807) is 0 Å². The maximum absolute atomic E-state index is 13.1.